The molecular weight excluding hydrogens is 307 g/mol. The predicted octanol–water partition coefficient (Wildman–Crippen LogP) is 4.80. The molecule has 4 rings (SSSR count). The molecule has 0 aliphatic heterocycles. The van der Waals surface area contributed by atoms with Crippen LogP contribution in [0.25, 0.3) is 0 Å². The molecule has 2 aromatic carbocycles. The van der Waals surface area contributed by atoms with Crippen molar-refractivity contribution in [1.29, 1.82) is 0 Å². The van der Waals surface area contributed by atoms with Gasteiger partial charge in [0.15, 0.2) is 0 Å². The van der Waals surface area contributed by atoms with Gasteiger partial charge >= 0.3 is 0 Å². The highest BCUT2D eigenvalue weighted by Crippen LogP contribution is 2.62. The van der Waals surface area contributed by atoms with Crippen LogP contribution < -0.4 is 0 Å². The first-order chi connectivity index (χ1) is 9.65. The number of benzene rings is 2. The van der Waals surface area contributed by atoms with Crippen LogP contribution in [-0.4, -0.2) is 11.1 Å². The van der Waals surface area contributed by atoms with Crippen molar-refractivity contribution >= 4 is 35.8 Å². The topological polar surface area (TPSA) is 0 Å². The van der Waals surface area contributed by atoms with Gasteiger partial charge in [-0.25, -0.2) is 0 Å². The highest BCUT2D eigenvalue weighted by molar-refractivity contribution is 7.79. The van der Waals surface area contributed by atoms with Crippen molar-refractivity contribution in [1.82, 2.24) is 0 Å². The maximum Gasteiger partial charge on any atom is 0.115 e. The average Bonchev–Trinajstić information content (AvgIpc) is 2.84. The number of rotatable bonds is 0. The molecule has 0 heterocycles. The Kier molecular flexibility index (Phi) is 3.56. The van der Waals surface area contributed by atoms with Crippen LogP contribution in [0.1, 0.15) is 22.3 Å². The predicted molar refractivity (Wildman–Crippen MR) is 90.4 cm³/mol. The first-order valence-corrected chi connectivity index (χ1v) is 8.29. The average molecular weight is 323 g/mol. The van der Waals surface area contributed by atoms with Gasteiger partial charge in [-0.2, -0.15) is 12.6 Å². The van der Waals surface area contributed by atoms with Crippen molar-refractivity contribution in [2.24, 2.45) is 0 Å². The molecule has 0 saturated heterocycles. The Morgan fingerprint density at radius 1 is 0.800 bits per heavy atom. The fourth-order valence-corrected chi connectivity index (χ4v) is 4.55. The summed E-state index contributed by atoms with van der Waals surface area (Å²) < 4.78 is 0. The smallest absolute Gasteiger partial charge is 0.115 e. The molecule has 0 aromatic heterocycles. The van der Waals surface area contributed by atoms with Crippen molar-refractivity contribution < 1.29 is 0 Å². The summed E-state index contributed by atoms with van der Waals surface area (Å²) in [5.74, 6) is 0. The first-order valence-electron chi connectivity index (χ1n) is 6.64. The zero-order chi connectivity index (χ0) is 14.4. The van der Waals surface area contributed by atoms with Crippen LogP contribution in [0.3, 0.4) is 0 Å². The molecule has 20 heavy (non-hydrogen) atoms. The van der Waals surface area contributed by atoms with Crippen LogP contribution in [0.4, 0.5) is 0 Å². The normalized spacial score (nSPS) is 29.0. The molecule has 0 nitrogen and oxygen atoms in total. The minimum atomic E-state index is -0.554. The van der Waals surface area contributed by atoms with Crippen LogP contribution in [0.2, 0.25) is 0 Å². The van der Waals surface area contributed by atoms with Crippen LogP contribution in [0, 0.1) is 0 Å². The van der Waals surface area contributed by atoms with Gasteiger partial charge in [-0.1, -0.05) is 48.5 Å². The molecule has 104 valence electrons. The van der Waals surface area contributed by atoms with E-state index in [9.17, 15) is 0 Å². The minimum Gasteiger partial charge on any atom is -0.183 e. The van der Waals surface area contributed by atoms with E-state index < -0.39 is 9.75 Å². The molecule has 0 fully saturated rings. The maximum absolute atomic E-state index is 7.04. The zero-order valence-corrected chi connectivity index (χ0v) is 13.6. The quantitative estimate of drug-likeness (QED) is 0.522. The van der Waals surface area contributed by atoms with E-state index in [1.807, 2.05) is 12.1 Å². The Morgan fingerprint density at radius 2 is 1.20 bits per heavy atom. The molecule has 0 radical (unpaired) electrons. The zero-order valence-electron chi connectivity index (χ0n) is 11.2. The van der Waals surface area contributed by atoms with Gasteiger partial charge in [0.05, 0.1) is 4.87 Å². The van der Waals surface area contributed by atoms with Gasteiger partial charge in [-0.05, 0) is 41.4 Å². The molecule has 2 aliphatic rings. The second kappa shape index (κ2) is 4.98. The largest absolute Gasteiger partial charge is 0.183 e. The van der Waals surface area contributed by atoms with Crippen molar-refractivity contribution in [2.45, 2.75) is 22.6 Å². The second-order valence-corrected chi connectivity index (χ2v) is 6.58. The van der Waals surface area contributed by atoms with Crippen molar-refractivity contribution in [3.8, 4) is 0 Å². The summed E-state index contributed by atoms with van der Waals surface area (Å²) in [7, 11) is 0. The van der Waals surface area contributed by atoms with E-state index >= 15 is 0 Å². The van der Waals surface area contributed by atoms with Gasteiger partial charge in [-0.15, -0.1) is 23.2 Å². The van der Waals surface area contributed by atoms with Gasteiger partial charge in [0.2, 0.25) is 0 Å². The molecule has 0 atom stereocenters. The van der Waals surface area contributed by atoms with E-state index in [0.717, 1.165) is 12.8 Å². The number of thiol groups is 1. The second-order valence-electron chi connectivity index (χ2n) is 5.29. The SMILES string of the molecule is CS.ClC12Cc3ccccc3C1(Cl)c1ccccc1C2. The lowest BCUT2D eigenvalue weighted by atomic mass is 9.90. The third kappa shape index (κ3) is 1.70. The van der Waals surface area contributed by atoms with Gasteiger partial charge in [0, 0.05) is 0 Å². The van der Waals surface area contributed by atoms with Gasteiger partial charge in [0.1, 0.15) is 4.87 Å². The Balaban J connectivity index is 0.000000581. The third-order valence-corrected chi connectivity index (χ3v) is 5.75. The van der Waals surface area contributed by atoms with E-state index in [4.69, 9.17) is 23.2 Å². The fraction of sp³-hybridized carbons (Fsp3) is 0.294. The number of hydrogen-bond acceptors (Lipinski definition) is 1. The Hall–Kier alpha value is -0.630. The summed E-state index contributed by atoms with van der Waals surface area (Å²) in [6.45, 7) is 0. The van der Waals surface area contributed by atoms with E-state index in [2.05, 4.69) is 49.0 Å². The first kappa shape index (κ1) is 14.3. The lowest BCUT2D eigenvalue weighted by molar-refractivity contribution is 0.545. The molecule has 0 saturated carbocycles. The lowest BCUT2D eigenvalue weighted by Crippen LogP contribution is -2.37. The summed E-state index contributed by atoms with van der Waals surface area (Å²) >= 11 is 17.5. The summed E-state index contributed by atoms with van der Waals surface area (Å²) in [5, 5.41) is 0. The van der Waals surface area contributed by atoms with Crippen LogP contribution in [-0.2, 0) is 17.7 Å². The molecule has 0 unspecified atom stereocenters. The fourth-order valence-electron chi connectivity index (χ4n) is 3.56. The Labute approximate surface area is 135 Å². The summed E-state index contributed by atoms with van der Waals surface area (Å²) in [6.07, 6.45) is 3.39. The monoisotopic (exact) mass is 322 g/mol. The standard InChI is InChI=1S/C16H12Cl2.CH4S/c17-15-9-11-5-1-3-7-13(11)16(15,18)14-8-4-2-6-12(14)10-15;1-2/h1-8H,9-10H2;2H,1H3. The van der Waals surface area contributed by atoms with Crippen molar-refractivity contribution in [2.75, 3.05) is 6.26 Å². The van der Waals surface area contributed by atoms with Crippen LogP contribution in [0.5, 0.6) is 0 Å². The van der Waals surface area contributed by atoms with Crippen molar-refractivity contribution in [3.63, 3.8) is 0 Å². The lowest BCUT2D eigenvalue weighted by Gasteiger charge is -2.31. The van der Waals surface area contributed by atoms with Gasteiger partial charge < -0.3 is 0 Å². The van der Waals surface area contributed by atoms with Crippen molar-refractivity contribution in [3.05, 3.63) is 70.8 Å². The van der Waals surface area contributed by atoms with Gasteiger partial charge in [-0.3, -0.25) is 0 Å². The van der Waals surface area contributed by atoms with Crippen LogP contribution >= 0.6 is 35.8 Å². The van der Waals surface area contributed by atoms with E-state index in [1.54, 1.807) is 6.26 Å². The molecule has 2 aromatic rings. The number of fused-ring (bicyclic) bond motifs is 5. The van der Waals surface area contributed by atoms with E-state index in [1.165, 1.54) is 22.3 Å². The minimum absolute atomic E-state index is 0.401. The highest BCUT2D eigenvalue weighted by Gasteiger charge is 2.61. The van der Waals surface area contributed by atoms with Crippen LogP contribution in [0.15, 0.2) is 48.5 Å². The molecule has 0 bridgehead atoms. The maximum atomic E-state index is 7.04. The Morgan fingerprint density at radius 3 is 1.65 bits per heavy atom. The summed E-state index contributed by atoms with van der Waals surface area (Å²) in [6, 6.07) is 16.7. The third-order valence-electron chi connectivity index (χ3n) is 4.34. The summed E-state index contributed by atoms with van der Waals surface area (Å²) in [4.78, 5) is -0.955. The van der Waals surface area contributed by atoms with E-state index in [0.29, 0.717) is 0 Å². The Bertz CT molecular complexity index is 601. The number of hydrogen-bond donors (Lipinski definition) is 1. The molecule has 3 heteroatoms. The number of halogens is 2. The van der Waals surface area contributed by atoms with E-state index in [-0.39, 0.29) is 0 Å². The highest BCUT2D eigenvalue weighted by atomic mass is 35.5. The molecular formula is C17H16Cl2S. The van der Waals surface area contributed by atoms with Gasteiger partial charge in [0.25, 0.3) is 0 Å². The summed E-state index contributed by atoms with van der Waals surface area (Å²) in [5.41, 5.74) is 4.95. The molecule has 0 amide bonds. The molecule has 0 N–H and O–H groups in total. The molecule has 2 aliphatic carbocycles. The number of alkyl halides is 2. The molecule has 0 spiro atoms.